The average Bonchev–Trinajstić information content (AvgIpc) is 3.03. The molecular formula is C13H13ClN2O3. The Labute approximate surface area is 115 Å². The van der Waals surface area contributed by atoms with Crippen molar-refractivity contribution in [3.8, 4) is 17.0 Å². The minimum Gasteiger partial charge on any atom is -0.486 e. The molecule has 1 atom stereocenters. The van der Waals surface area contributed by atoms with E-state index in [9.17, 15) is 0 Å². The third kappa shape index (κ3) is 2.67. The third-order valence-corrected chi connectivity index (χ3v) is 3.23. The number of anilines is 1. The molecule has 1 fully saturated rings. The molecule has 1 aromatic heterocycles. The second-order valence-corrected chi connectivity index (χ2v) is 4.77. The predicted octanol–water partition coefficient (Wildman–Crippen LogP) is 2.74. The Hall–Kier alpha value is -1.72. The fourth-order valence-corrected chi connectivity index (χ4v) is 2.19. The highest BCUT2D eigenvalue weighted by Crippen LogP contribution is 2.31. The van der Waals surface area contributed by atoms with E-state index in [0.29, 0.717) is 23.1 Å². The van der Waals surface area contributed by atoms with Gasteiger partial charge in [0.05, 0.1) is 18.2 Å². The van der Waals surface area contributed by atoms with Crippen LogP contribution in [-0.4, -0.2) is 24.5 Å². The molecule has 0 amide bonds. The zero-order chi connectivity index (χ0) is 13.2. The first-order valence-electron chi connectivity index (χ1n) is 5.99. The van der Waals surface area contributed by atoms with Gasteiger partial charge in [-0.1, -0.05) is 16.8 Å². The number of benzene rings is 1. The lowest BCUT2D eigenvalue weighted by atomic mass is 10.1. The topological polar surface area (TPSA) is 70.5 Å². The first kappa shape index (κ1) is 12.3. The Bertz CT molecular complexity index is 579. The largest absolute Gasteiger partial charge is 0.486 e. The van der Waals surface area contributed by atoms with Gasteiger partial charge in [0.15, 0.2) is 0 Å². The Morgan fingerprint density at radius 3 is 2.89 bits per heavy atom. The van der Waals surface area contributed by atoms with Crippen molar-refractivity contribution in [1.82, 2.24) is 5.16 Å². The predicted molar refractivity (Wildman–Crippen MR) is 71.2 cm³/mol. The van der Waals surface area contributed by atoms with Gasteiger partial charge in [-0.05, 0) is 18.2 Å². The number of hydrogen-bond donors (Lipinski definition) is 1. The van der Waals surface area contributed by atoms with Gasteiger partial charge in [0.2, 0.25) is 5.88 Å². The lowest BCUT2D eigenvalue weighted by molar-refractivity contribution is 0.141. The summed E-state index contributed by atoms with van der Waals surface area (Å²) < 4.78 is 15.9. The number of ether oxygens (including phenoxy) is 2. The number of halogens is 1. The summed E-state index contributed by atoms with van der Waals surface area (Å²) in [7, 11) is 0. The molecule has 2 heterocycles. The van der Waals surface area contributed by atoms with Crippen molar-refractivity contribution in [1.29, 1.82) is 0 Å². The molecule has 0 saturated carbocycles. The number of hydrogen-bond acceptors (Lipinski definition) is 5. The lowest BCUT2D eigenvalue weighted by Crippen LogP contribution is -2.15. The first-order chi connectivity index (χ1) is 9.22. The normalized spacial score (nSPS) is 18.7. The molecule has 3 rings (SSSR count). The van der Waals surface area contributed by atoms with Crippen LogP contribution in [0, 0.1) is 0 Å². The highest BCUT2D eigenvalue weighted by atomic mass is 35.5. The van der Waals surface area contributed by atoms with Crippen LogP contribution in [0.25, 0.3) is 11.3 Å². The summed E-state index contributed by atoms with van der Waals surface area (Å²) in [6.07, 6.45) is 0.962. The fraction of sp³-hybridized carbons (Fsp3) is 0.308. The Kier molecular flexibility index (Phi) is 3.31. The summed E-state index contributed by atoms with van der Waals surface area (Å²) >= 11 is 6.21. The van der Waals surface area contributed by atoms with Crippen LogP contribution in [0.3, 0.4) is 0 Å². The summed E-state index contributed by atoms with van der Waals surface area (Å²) in [4.78, 5) is 0. The number of nitrogens with zero attached hydrogens (tertiary/aromatic N) is 1. The molecule has 5 nitrogen and oxygen atoms in total. The van der Waals surface area contributed by atoms with Crippen molar-refractivity contribution in [2.24, 2.45) is 0 Å². The van der Waals surface area contributed by atoms with E-state index in [2.05, 4.69) is 5.16 Å². The summed E-state index contributed by atoms with van der Waals surface area (Å²) in [6.45, 7) is 1.34. The maximum Gasteiger partial charge on any atom is 0.222 e. The van der Waals surface area contributed by atoms with E-state index in [1.807, 2.05) is 12.1 Å². The van der Waals surface area contributed by atoms with Crippen LogP contribution >= 0.6 is 11.6 Å². The molecule has 1 saturated heterocycles. The molecule has 2 N–H and O–H groups in total. The van der Waals surface area contributed by atoms with Gasteiger partial charge in [-0.15, -0.1) is 0 Å². The van der Waals surface area contributed by atoms with Crippen LogP contribution in [-0.2, 0) is 4.74 Å². The lowest BCUT2D eigenvalue weighted by Gasteiger charge is -2.13. The van der Waals surface area contributed by atoms with Crippen LogP contribution < -0.4 is 10.5 Å². The molecule has 1 aliphatic rings. The third-order valence-electron chi connectivity index (χ3n) is 2.94. The molecule has 6 heteroatoms. The van der Waals surface area contributed by atoms with Gasteiger partial charge in [0.1, 0.15) is 17.5 Å². The van der Waals surface area contributed by atoms with E-state index in [1.165, 1.54) is 0 Å². The minimum atomic E-state index is 0.0750. The van der Waals surface area contributed by atoms with E-state index in [1.54, 1.807) is 12.1 Å². The molecule has 100 valence electrons. The van der Waals surface area contributed by atoms with Gasteiger partial charge in [0.25, 0.3) is 0 Å². The van der Waals surface area contributed by atoms with Gasteiger partial charge in [-0.25, -0.2) is 0 Å². The van der Waals surface area contributed by atoms with Crippen LogP contribution in [0.2, 0.25) is 5.02 Å². The molecule has 0 radical (unpaired) electrons. The maximum atomic E-state index is 6.21. The number of nitrogen functional groups attached to an aromatic ring is 1. The van der Waals surface area contributed by atoms with E-state index in [-0.39, 0.29) is 12.0 Å². The Balaban J connectivity index is 1.81. The number of aromatic nitrogens is 1. The van der Waals surface area contributed by atoms with Crippen molar-refractivity contribution in [2.45, 2.75) is 12.5 Å². The summed E-state index contributed by atoms with van der Waals surface area (Å²) in [5.41, 5.74) is 6.97. The second-order valence-electron chi connectivity index (χ2n) is 4.36. The molecule has 0 spiro atoms. The Morgan fingerprint density at radius 1 is 1.37 bits per heavy atom. The van der Waals surface area contributed by atoms with Crippen molar-refractivity contribution >= 4 is 17.5 Å². The van der Waals surface area contributed by atoms with Crippen LogP contribution in [0.15, 0.2) is 28.8 Å². The van der Waals surface area contributed by atoms with E-state index >= 15 is 0 Å². The number of rotatable bonds is 3. The van der Waals surface area contributed by atoms with Crippen molar-refractivity contribution < 1.29 is 14.0 Å². The molecule has 1 aromatic carbocycles. The Morgan fingerprint density at radius 2 is 2.26 bits per heavy atom. The molecule has 19 heavy (non-hydrogen) atoms. The summed E-state index contributed by atoms with van der Waals surface area (Å²) in [6, 6.07) is 7.12. The summed E-state index contributed by atoms with van der Waals surface area (Å²) in [5.74, 6) is 0.923. The summed E-state index contributed by atoms with van der Waals surface area (Å²) in [5, 5.41) is 4.37. The molecule has 1 aliphatic heterocycles. The van der Waals surface area contributed by atoms with Crippen molar-refractivity contribution in [3.63, 3.8) is 0 Å². The molecular weight excluding hydrogens is 268 g/mol. The smallest absolute Gasteiger partial charge is 0.222 e. The molecule has 1 unspecified atom stereocenters. The SMILES string of the molecule is Nc1cc(-c2ccc(OC3CCOC3)c(Cl)c2)no1. The van der Waals surface area contributed by atoms with Gasteiger partial charge >= 0.3 is 0 Å². The van der Waals surface area contributed by atoms with Crippen LogP contribution in [0.5, 0.6) is 5.75 Å². The highest BCUT2D eigenvalue weighted by molar-refractivity contribution is 6.32. The quantitative estimate of drug-likeness (QED) is 0.936. The standard InChI is InChI=1S/C13H13ClN2O3/c14-10-5-8(11-6-13(15)19-16-11)1-2-12(10)18-9-3-4-17-7-9/h1-2,5-6,9H,3-4,7,15H2. The van der Waals surface area contributed by atoms with Crippen LogP contribution in [0.4, 0.5) is 5.88 Å². The van der Waals surface area contributed by atoms with Crippen LogP contribution in [0.1, 0.15) is 6.42 Å². The van der Waals surface area contributed by atoms with Crippen molar-refractivity contribution in [2.75, 3.05) is 18.9 Å². The monoisotopic (exact) mass is 280 g/mol. The van der Waals surface area contributed by atoms with Gasteiger partial charge in [0, 0.05) is 18.1 Å². The second kappa shape index (κ2) is 5.11. The highest BCUT2D eigenvalue weighted by Gasteiger charge is 2.18. The van der Waals surface area contributed by atoms with Gasteiger partial charge in [-0.2, -0.15) is 0 Å². The fourth-order valence-electron chi connectivity index (χ4n) is 1.97. The van der Waals surface area contributed by atoms with Gasteiger partial charge in [-0.3, -0.25) is 0 Å². The zero-order valence-corrected chi connectivity index (χ0v) is 10.9. The average molecular weight is 281 g/mol. The van der Waals surface area contributed by atoms with E-state index < -0.39 is 0 Å². The maximum absolute atomic E-state index is 6.21. The van der Waals surface area contributed by atoms with Gasteiger partial charge < -0.3 is 19.7 Å². The zero-order valence-electron chi connectivity index (χ0n) is 10.1. The van der Waals surface area contributed by atoms with E-state index in [0.717, 1.165) is 18.6 Å². The van der Waals surface area contributed by atoms with Crippen molar-refractivity contribution in [3.05, 3.63) is 29.3 Å². The molecule has 2 aromatic rings. The minimum absolute atomic E-state index is 0.0750. The number of nitrogens with two attached hydrogens (primary N) is 1. The molecule has 0 aliphatic carbocycles. The van der Waals surface area contributed by atoms with E-state index in [4.69, 9.17) is 31.3 Å². The molecule has 0 bridgehead atoms. The first-order valence-corrected chi connectivity index (χ1v) is 6.36.